The molecule has 1 aromatic carbocycles. The van der Waals surface area contributed by atoms with E-state index >= 15 is 0 Å². The molecule has 1 saturated heterocycles. The van der Waals surface area contributed by atoms with Crippen LogP contribution in [0.2, 0.25) is 10.0 Å². The van der Waals surface area contributed by atoms with Crippen molar-refractivity contribution in [2.45, 2.75) is 51.9 Å². The highest BCUT2D eigenvalue weighted by Gasteiger charge is 2.55. The molecule has 1 unspecified atom stereocenters. The van der Waals surface area contributed by atoms with E-state index in [1.165, 1.54) is 25.1 Å². The molecule has 0 radical (unpaired) electrons. The normalized spacial score (nSPS) is 18.2. The lowest BCUT2D eigenvalue weighted by Gasteiger charge is -2.36. The van der Waals surface area contributed by atoms with Crippen molar-refractivity contribution in [3.05, 3.63) is 33.8 Å². The molecule has 164 valence electrons. The highest BCUT2D eigenvalue weighted by atomic mass is 35.5. The zero-order valence-electron chi connectivity index (χ0n) is 17.1. The van der Waals surface area contributed by atoms with Crippen LogP contribution in [0.1, 0.15) is 50.9 Å². The van der Waals surface area contributed by atoms with Crippen LogP contribution < -0.4 is 10.6 Å². The quantitative estimate of drug-likeness (QED) is 0.498. The minimum atomic E-state index is -2.28. The number of nitrogens with one attached hydrogen (secondary N) is 2. The Morgan fingerprint density at radius 3 is 2.23 bits per heavy atom. The number of alkyl carbamates (subject to hydrolysis) is 1. The molecule has 10 heteroatoms. The van der Waals surface area contributed by atoms with Crippen LogP contribution in [0.5, 0.6) is 0 Å². The molecule has 1 aliphatic rings. The monoisotopic (exact) mass is 458 g/mol. The van der Waals surface area contributed by atoms with Crippen molar-refractivity contribution in [3.8, 4) is 0 Å². The number of hydrogen-bond acceptors (Lipinski definition) is 6. The van der Waals surface area contributed by atoms with E-state index in [0.717, 1.165) is 0 Å². The Hall–Kier alpha value is -2.32. The summed E-state index contributed by atoms with van der Waals surface area (Å²) in [6, 6.07) is 4.39. The number of benzene rings is 1. The molecule has 1 aliphatic heterocycles. The third-order valence-electron chi connectivity index (χ3n) is 4.38. The second-order valence-corrected chi connectivity index (χ2v) is 8.57. The summed E-state index contributed by atoms with van der Waals surface area (Å²) in [7, 11) is 0. The van der Waals surface area contributed by atoms with Crippen molar-refractivity contribution in [1.29, 1.82) is 0 Å². The predicted molar refractivity (Wildman–Crippen MR) is 110 cm³/mol. The van der Waals surface area contributed by atoms with E-state index < -0.39 is 41.0 Å². The zero-order valence-corrected chi connectivity index (χ0v) is 18.6. The molecule has 0 bridgehead atoms. The summed E-state index contributed by atoms with van der Waals surface area (Å²) in [4.78, 5) is 51.0. The van der Waals surface area contributed by atoms with Gasteiger partial charge in [-0.05, 0) is 39.3 Å². The van der Waals surface area contributed by atoms with Crippen molar-refractivity contribution < 1.29 is 28.7 Å². The van der Waals surface area contributed by atoms with Crippen LogP contribution in [0.15, 0.2) is 18.2 Å². The third kappa shape index (κ3) is 5.23. The van der Waals surface area contributed by atoms with Gasteiger partial charge in [-0.25, -0.2) is 9.59 Å². The first-order chi connectivity index (χ1) is 13.9. The summed E-state index contributed by atoms with van der Waals surface area (Å²) in [6.45, 7) is 6.68. The van der Waals surface area contributed by atoms with E-state index in [1.807, 2.05) is 0 Å². The summed E-state index contributed by atoms with van der Waals surface area (Å²) in [5.74, 6) is -3.41. The largest absolute Gasteiger partial charge is 0.444 e. The molecule has 30 heavy (non-hydrogen) atoms. The van der Waals surface area contributed by atoms with Crippen molar-refractivity contribution >= 4 is 47.0 Å². The van der Waals surface area contributed by atoms with Gasteiger partial charge in [0.05, 0.1) is 15.6 Å². The minimum absolute atomic E-state index is 0.00140. The number of amides is 2. The van der Waals surface area contributed by atoms with Gasteiger partial charge in [-0.3, -0.25) is 14.9 Å². The van der Waals surface area contributed by atoms with Crippen LogP contribution in [0.3, 0.4) is 0 Å². The SMILES string of the molecule is CCC(=O)C(NC(=O)OC(C)(C)C)(OC(=O)c1c(Cl)cccc1Cl)[C@H]1CCNC1=O. The molecule has 0 saturated carbocycles. The number of carbonyl (C=O) groups is 4. The van der Waals surface area contributed by atoms with Gasteiger partial charge >= 0.3 is 12.1 Å². The Labute approximate surface area is 184 Å². The van der Waals surface area contributed by atoms with E-state index in [1.54, 1.807) is 20.8 Å². The first-order valence-corrected chi connectivity index (χ1v) is 10.2. The number of Topliss-reactive ketones (excluding diaryl/α,β-unsaturated/α-hetero) is 1. The molecule has 0 aliphatic carbocycles. The standard InChI is InChI=1S/C20H24Cl2N2O6/c1-5-14(25)20(11-9-10-23-16(11)26,24-18(28)30-19(2,3)4)29-17(27)15-12(21)7-6-8-13(15)22/h6-8,11H,5,9-10H2,1-4H3,(H,23,26)(H,24,28)/t11-,20?/m0/s1. The number of rotatable bonds is 6. The molecule has 8 nitrogen and oxygen atoms in total. The van der Waals surface area contributed by atoms with Crippen LogP contribution in [-0.4, -0.2) is 41.6 Å². The zero-order chi connectivity index (χ0) is 22.7. The maximum atomic E-state index is 13.0. The Kier molecular flexibility index (Phi) is 7.36. The number of hydrogen-bond donors (Lipinski definition) is 2. The average molecular weight is 459 g/mol. The molecule has 2 amide bonds. The highest BCUT2D eigenvalue weighted by Crippen LogP contribution is 2.33. The number of esters is 1. The fourth-order valence-corrected chi connectivity index (χ4v) is 3.65. The lowest BCUT2D eigenvalue weighted by molar-refractivity contribution is -0.154. The maximum Gasteiger partial charge on any atom is 0.411 e. The highest BCUT2D eigenvalue weighted by molar-refractivity contribution is 6.39. The number of carbonyl (C=O) groups excluding carboxylic acids is 4. The summed E-state index contributed by atoms with van der Waals surface area (Å²) in [5.41, 5.74) is -3.35. The first kappa shape index (κ1) is 24.0. The van der Waals surface area contributed by atoms with Crippen LogP contribution in [-0.2, 0) is 19.1 Å². The van der Waals surface area contributed by atoms with E-state index in [-0.39, 0.29) is 35.0 Å². The Morgan fingerprint density at radius 2 is 1.77 bits per heavy atom. The van der Waals surface area contributed by atoms with Crippen LogP contribution >= 0.6 is 23.2 Å². The van der Waals surface area contributed by atoms with E-state index in [2.05, 4.69) is 10.6 Å². The Balaban J connectivity index is 2.52. The molecule has 2 N–H and O–H groups in total. The van der Waals surface area contributed by atoms with Gasteiger partial charge in [0.15, 0.2) is 5.78 Å². The molecule has 0 spiro atoms. The van der Waals surface area contributed by atoms with Crippen molar-refractivity contribution in [2.75, 3.05) is 6.54 Å². The average Bonchev–Trinajstić information content (AvgIpc) is 3.05. The van der Waals surface area contributed by atoms with Crippen LogP contribution in [0.25, 0.3) is 0 Å². The molecule has 1 aromatic rings. The van der Waals surface area contributed by atoms with Gasteiger partial charge in [0.25, 0.3) is 5.72 Å². The fourth-order valence-electron chi connectivity index (χ4n) is 3.09. The fraction of sp³-hybridized carbons (Fsp3) is 0.500. The second-order valence-electron chi connectivity index (χ2n) is 7.76. The van der Waals surface area contributed by atoms with Crippen LogP contribution in [0.4, 0.5) is 4.79 Å². The van der Waals surface area contributed by atoms with Gasteiger partial charge < -0.3 is 14.8 Å². The smallest absolute Gasteiger partial charge is 0.411 e. The minimum Gasteiger partial charge on any atom is -0.444 e. The Morgan fingerprint density at radius 1 is 1.17 bits per heavy atom. The molecular weight excluding hydrogens is 435 g/mol. The van der Waals surface area contributed by atoms with Crippen molar-refractivity contribution in [1.82, 2.24) is 10.6 Å². The van der Waals surface area contributed by atoms with Gasteiger partial charge in [-0.1, -0.05) is 36.2 Å². The van der Waals surface area contributed by atoms with E-state index in [4.69, 9.17) is 32.7 Å². The number of ketones is 1. The van der Waals surface area contributed by atoms with Crippen molar-refractivity contribution in [2.24, 2.45) is 5.92 Å². The Bertz CT molecular complexity index is 847. The van der Waals surface area contributed by atoms with Gasteiger partial charge in [-0.15, -0.1) is 0 Å². The lowest BCUT2D eigenvalue weighted by atomic mass is 9.88. The molecule has 0 aromatic heterocycles. The van der Waals surface area contributed by atoms with Gasteiger partial charge in [0.2, 0.25) is 5.91 Å². The van der Waals surface area contributed by atoms with Crippen LogP contribution in [0, 0.1) is 5.92 Å². The first-order valence-electron chi connectivity index (χ1n) is 9.40. The molecule has 2 rings (SSSR count). The van der Waals surface area contributed by atoms with Gasteiger partial charge in [-0.2, -0.15) is 0 Å². The summed E-state index contributed by atoms with van der Waals surface area (Å²) < 4.78 is 10.8. The maximum absolute atomic E-state index is 13.0. The predicted octanol–water partition coefficient (Wildman–Crippen LogP) is 3.49. The summed E-state index contributed by atoms with van der Waals surface area (Å²) in [6.07, 6.45) is -0.977. The van der Waals surface area contributed by atoms with Gasteiger partial charge in [0, 0.05) is 13.0 Å². The topological polar surface area (TPSA) is 111 Å². The second kappa shape index (κ2) is 9.22. The summed E-state index contributed by atoms with van der Waals surface area (Å²) >= 11 is 12.2. The summed E-state index contributed by atoms with van der Waals surface area (Å²) in [5, 5.41) is 4.93. The van der Waals surface area contributed by atoms with Gasteiger partial charge in [0.1, 0.15) is 11.5 Å². The molecule has 1 fully saturated rings. The molecule has 2 atom stereocenters. The lowest BCUT2D eigenvalue weighted by Crippen LogP contribution is -2.64. The van der Waals surface area contributed by atoms with E-state index in [0.29, 0.717) is 0 Å². The van der Waals surface area contributed by atoms with Crippen molar-refractivity contribution in [3.63, 3.8) is 0 Å². The number of ether oxygens (including phenoxy) is 2. The van der Waals surface area contributed by atoms with E-state index in [9.17, 15) is 19.2 Å². The number of halogens is 2. The molecular formula is C20H24Cl2N2O6. The third-order valence-corrected chi connectivity index (χ3v) is 5.01. The molecule has 1 heterocycles.